The third-order valence-corrected chi connectivity index (χ3v) is 5.16. The summed E-state index contributed by atoms with van der Waals surface area (Å²) in [5.74, 6) is -1.85. The normalized spacial score (nSPS) is 21.0. The van der Waals surface area contributed by atoms with Crippen molar-refractivity contribution < 1.29 is 32.6 Å². The molecule has 0 aromatic carbocycles. The molecule has 1 N–H and O–H groups in total. The number of pyridine rings is 1. The molecule has 2 aliphatic rings. The Morgan fingerprint density at radius 3 is 2.50 bits per heavy atom. The first kappa shape index (κ1) is 23.4. The summed E-state index contributed by atoms with van der Waals surface area (Å²) in [7, 11) is 0. The van der Waals surface area contributed by atoms with E-state index in [1.807, 2.05) is 29.3 Å². The number of carbonyl (C=O) groups is 2. The summed E-state index contributed by atoms with van der Waals surface area (Å²) >= 11 is 0. The van der Waals surface area contributed by atoms with Crippen LogP contribution in [-0.2, 0) is 9.53 Å². The number of carboxylic acids is 1. The fourth-order valence-electron chi connectivity index (χ4n) is 3.66. The number of carbonyl (C=O) groups excluding carboxylic acids is 1. The standard InChI is InChI=1S/C18H21N5O2.C2HF3O2/c24-17(15-11-19-6-7-20-15)23-9-10-25-14-18(13-23)4-8-22(12-18)16-3-1-2-5-21-16;3-2(4,5)1(6)7/h1-3,5-7,11H,4,8-10,12-14H2;(H,6,7). The molecule has 172 valence electrons. The molecule has 4 heterocycles. The summed E-state index contributed by atoms with van der Waals surface area (Å²) in [6.07, 6.45) is 2.36. The first-order chi connectivity index (χ1) is 15.2. The largest absolute Gasteiger partial charge is 0.490 e. The van der Waals surface area contributed by atoms with Crippen LogP contribution >= 0.6 is 0 Å². The smallest absolute Gasteiger partial charge is 0.475 e. The maximum absolute atomic E-state index is 12.8. The summed E-state index contributed by atoms with van der Waals surface area (Å²) in [5.41, 5.74) is 0.324. The van der Waals surface area contributed by atoms with Gasteiger partial charge in [0.15, 0.2) is 0 Å². The minimum atomic E-state index is -5.08. The lowest BCUT2D eigenvalue weighted by atomic mass is 9.87. The zero-order valence-electron chi connectivity index (χ0n) is 17.0. The van der Waals surface area contributed by atoms with Crippen LogP contribution in [0.5, 0.6) is 0 Å². The van der Waals surface area contributed by atoms with Gasteiger partial charge in [-0.1, -0.05) is 6.07 Å². The van der Waals surface area contributed by atoms with Crippen molar-refractivity contribution in [1.82, 2.24) is 19.9 Å². The second kappa shape index (κ2) is 9.90. The maximum atomic E-state index is 12.8. The number of aromatic nitrogens is 3. The molecule has 1 unspecified atom stereocenters. The van der Waals surface area contributed by atoms with Gasteiger partial charge in [0.2, 0.25) is 0 Å². The predicted octanol–water partition coefficient (Wildman–Crippen LogP) is 1.87. The monoisotopic (exact) mass is 453 g/mol. The number of hydrogen-bond acceptors (Lipinski definition) is 7. The van der Waals surface area contributed by atoms with Gasteiger partial charge in [-0.25, -0.2) is 14.8 Å². The average Bonchev–Trinajstić information content (AvgIpc) is 3.08. The molecule has 0 saturated carbocycles. The van der Waals surface area contributed by atoms with Gasteiger partial charge in [0.1, 0.15) is 11.5 Å². The molecule has 32 heavy (non-hydrogen) atoms. The minimum Gasteiger partial charge on any atom is -0.475 e. The molecule has 1 spiro atoms. The Hall–Kier alpha value is -3.28. The number of amides is 1. The van der Waals surface area contributed by atoms with Crippen LogP contribution in [0.3, 0.4) is 0 Å². The van der Waals surface area contributed by atoms with E-state index in [1.54, 1.807) is 12.4 Å². The van der Waals surface area contributed by atoms with Crippen molar-refractivity contribution in [2.24, 2.45) is 5.41 Å². The van der Waals surface area contributed by atoms with Crippen molar-refractivity contribution in [2.75, 3.05) is 44.3 Å². The summed E-state index contributed by atoms with van der Waals surface area (Å²) in [6.45, 7) is 4.24. The first-order valence-corrected chi connectivity index (χ1v) is 9.79. The van der Waals surface area contributed by atoms with Crippen LogP contribution in [0.15, 0.2) is 43.0 Å². The Bertz CT molecular complexity index is 916. The highest BCUT2D eigenvalue weighted by atomic mass is 19.4. The number of aliphatic carboxylic acids is 1. The zero-order chi connectivity index (χ0) is 23.2. The first-order valence-electron chi connectivity index (χ1n) is 9.79. The van der Waals surface area contributed by atoms with Crippen molar-refractivity contribution in [3.05, 3.63) is 48.7 Å². The van der Waals surface area contributed by atoms with E-state index in [1.165, 1.54) is 6.20 Å². The second-order valence-electron chi connectivity index (χ2n) is 7.53. The summed E-state index contributed by atoms with van der Waals surface area (Å²) in [5, 5.41) is 7.12. The highest BCUT2D eigenvalue weighted by Crippen LogP contribution is 2.35. The van der Waals surface area contributed by atoms with E-state index >= 15 is 0 Å². The van der Waals surface area contributed by atoms with Crippen molar-refractivity contribution in [3.63, 3.8) is 0 Å². The summed E-state index contributed by atoms with van der Waals surface area (Å²) < 4.78 is 37.6. The summed E-state index contributed by atoms with van der Waals surface area (Å²) in [6, 6.07) is 5.95. The number of hydrogen-bond donors (Lipinski definition) is 1. The molecule has 2 fully saturated rings. The van der Waals surface area contributed by atoms with Crippen LogP contribution in [0.4, 0.5) is 19.0 Å². The van der Waals surface area contributed by atoms with Crippen molar-refractivity contribution in [3.8, 4) is 0 Å². The number of halogens is 3. The van der Waals surface area contributed by atoms with E-state index in [2.05, 4.69) is 19.9 Å². The van der Waals surface area contributed by atoms with Crippen molar-refractivity contribution in [1.29, 1.82) is 0 Å². The molecule has 0 bridgehead atoms. The SMILES string of the molecule is O=C(O)C(F)(F)F.O=C(c1cnccn1)N1CCOCC2(CCN(c3ccccn3)C2)C1. The van der Waals surface area contributed by atoms with Gasteiger partial charge in [-0.15, -0.1) is 0 Å². The Balaban J connectivity index is 0.000000360. The van der Waals surface area contributed by atoms with Gasteiger partial charge in [-0.3, -0.25) is 9.78 Å². The molecule has 2 aromatic rings. The van der Waals surface area contributed by atoms with Crippen LogP contribution < -0.4 is 4.90 Å². The molecular weight excluding hydrogens is 431 g/mol. The molecule has 1 amide bonds. The maximum Gasteiger partial charge on any atom is 0.490 e. The number of alkyl halides is 3. The molecule has 12 heteroatoms. The van der Waals surface area contributed by atoms with E-state index in [4.69, 9.17) is 14.6 Å². The van der Waals surface area contributed by atoms with E-state index in [9.17, 15) is 18.0 Å². The van der Waals surface area contributed by atoms with Gasteiger partial charge in [-0.2, -0.15) is 13.2 Å². The molecule has 0 radical (unpaired) electrons. The molecule has 0 aliphatic carbocycles. The van der Waals surface area contributed by atoms with Gasteiger partial charge in [0.25, 0.3) is 5.91 Å². The van der Waals surface area contributed by atoms with Crippen LogP contribution in [0.2, 0.25) is 0 Å². The Kier molecular flexibility index (Phi) is 7.23. The molecule has 1 atom stereocenters. The van der Waals surface area contributed by atoms with Gasteiger partial charge < -0.3 is 19.6 Å². The fraction of sp³-hybridized carbons (Fsp3) is 0.450. The van der Waals surface area contributed by atoms with Crippen molar-refractivity contribution >= 4 is 17.7 Å². The van der Waals surface area contributed by atoms with E-state index in [0.717, 1.165) is 25.3 Å². The quantitative estimate of drug-likeness (QED) is 0.734. The average molecular weight is 453 g/mol. The highest BCUT2D eigenvalue weighted by Gasteiger charge is 2.43. The molecule has 2 aromatic heterocycles. The van der Waals surface area contributed by atoms with Crippen LogP contribution in [0, 0.1) is 5.41 Å². The van der Waals surface area contributed by atoms with Crippen LogP contribution in [-0.4, -0.2) is 82.4 Å². The van der Waals surface area contributed by atoms with Crippen LogP contribution in [0.25, 0.3) is 0 Å². The molecule has 2 saturated heterocycles. The van der Waals surface area contributed by atoms with Crippen LogP contribution in [0.1, 0.15) is 16.9 Å². The third kappa shape index (κ3) is 5.90. The van der Waals surface area contributed by atoms with E-state index in [-0.39, 0.29) is 11.3 Å². The second-order valence-corrected chi connectivity index (χ2v) is 7.53. The highest BCUT2D eigenvalue weighted by molar-refractivity contribution is 5.92. The lowest BCUT2D eigenvalue weighted by molar-refractivity contribution is -0.192. The Labute approximate surface area is 181 Å². The molecule has 4 rings (SSSR count). The lowest BCUT2D eigenvalue weighted by Crippen LogP contribution is -2.43. The van der Waals surface area contributed by atoms with E-state index < -0.39 is 12.1 Å². The van der Waals surface area contributed by atoms with Crippen molar-refractivity contribution in [2.45, 2.75) is 12.6 Å². The molecule has 9 nitrogen and oxygen atoms in total. The zero-order valence-corrected chi connectivity index (χ0v) is 17.0. The number of nitrogens with zero attached hydrogens (tertiary/aromatic N) is 5. The van der Waals surface area contributed by atoms with Gasteiger partial charge in [0.05, 0.1) is 19.4 Å². The number of anilines is 1. The predicted molar refractivity (Wildman–Crippen MR) is 106 cm³/mol. The summed E-state index contributed by atoms with van der Waals surface area (Å²) in [4.78, 5) is 38.4. The number of ether oxygens (including phenoxy) is 1. The van der Waals surface area contributed by atoms with Gasteiger partial charge in [0, 0.05) is 50.2 Å². The molecular formula is C20H22F3N5O4. The third-order valence-electron chi connectivity index (χ3n) is 5.16. The van der Waals surface area contributed by atoms with Gasteiger partial charge in [-0.05, 0) is 18.6 Å². The lowest BCUT2D eigenvalue weighted by Gasteiger charge is -2.31. The topological polar surface area (TPSA) is 109 Å². The fourth-order valence-corrected chi connectivity index (χ4v) is 3.66. The van der Waals surface area contributed by atoms with Gasteiger partial charge >= 0.3 is 12.1 Å². The molecule has 2 aliphatic heterocycles. The van der Waals surface area contributed by atoms with E-state index in [0.29, 0.717) is 32.0 Å². The number of carboxylic acid groups (broad SMARTS) is 1. The Morgan fingerprint density at radius 1 is 1.09 bits per heavy atom. The number of rotatable bonds is 2. The minimum absolute atomic E-state index is 0.0636. The Morgan fingerprint density at radius 2 is 1.88 bits per heavy atom.